The monoisotopic (exact) mass is 462 g/mol. The molecule has 2 aromatic carbocycles. The van der Waals surface area contributed by atoms with Crippen LogP contribution in [0.5, 0.6) is 5.75 Å². The number of hydrogen-bond donors (Lipinski definition) is 2. The maximum absolute atomic E-state index is 13.2. The molecule has 33 heavy (non-hydrogen) atoms. The first-order valence-electron chi connectivity index (χ1n) is 10.4. The SMILES string of the molecule is COc1ccc(-c2cn3cccc(C)c3n2)cc1NS(=O)(=O)c1ccc2c(c1)CCC(=O)N2. The molecule has 5 rings (SSSR count). The number of ether oxygens (including phenoxy) is 1. The summed E-state index contributed by atoms with van der Waals surface area (Å²) in [6, 6.07) is 13.9. The number of benzene rings is 2. The predicted octanol–water partition coefficient (Wildman–Crippen LogP) is 4.00. The fourth-order valence-corrected chi connectivity index (χ4v) is 5.08. The van der Waals surface area contributed by atoms with Crippen LogP contribution in [-0.4, -0.2) is 30.8 Å². The van der Waals surface area contributed by atoms with E-state index in [4.69, 9.17) is 9.72 Å². The van der Waals surface area contributed by atoms with Crippen molar-refractivity contribution in [3.8, 4) is 17.0 Å². The predicted molar refractivity (Wildman–Crippen MR) is 126 cm³/mol. The Morgan fingerprint density at radius 2 is 1.97 bits per heavy atom. The maximum atomic E-state index is 13.2. The number of nitrogens with zero attached hydrogens (tertiary/aromatic N) is 2. The van der Waals surface area contributed by atoms with Gasteiger partial charge in [-0.3, -0.25) is 9.52 Å². The van der Waals surface area contributed by atoms with Crippen molar-refractivity contribution in [2.24, 2.45) is 0 Å². The van der Waals surface area contributed by atoms with Crippen molar-refractivity contribution in [3.05, 3.63) is 72.1 Å². The molecule has 0 unspecified atom stereocenters. The number of carbonyl (C=O) groups excluding carboxylic acids is 1. The number of rotatable bonds is 5. The highest BCUT2D eigenvalue weighted by Gasteiger charge is 2.22. The molecule has 3 heterocycles. The van der Waals surface area contributed by atoms with Crippen molar-refractivity contribution in [2.45, 2.75) is 24.7 Å². The van der Waals surface area contributed by atoms with Gasteiger partial charge in [-0.2, -0.15) is 0 Å². The number of fused-ring (bicyclic) bond motifs is 2. The first-order valence-corrected chi connectivity index (χ1v) is 11.9. The number of aryl methyl sites for hydroxylation is 2. The van der Waals surface area contributed by atoms with E-state index >= 15 is 0 Å². The molecule has 1 aliphatic heterocycles. The molecule has 0 saturated heterocycles. The Balaban J connectivity index is 1.51. The minimum atomic E-state index is -3.89. The van der Waals surface area contributed by atoms with Crippen LogP contribution in [0, 0.1) is 6.92 Å². The Morgan fingerprint density at radius 3 is 2.76 bits per heavy atom. The Bertz CT molecular complexity index is 1510. The van der Waals surface area contributed by atoms with E-state index < -0.39 is 10.0 Å². The molecule has 0 bridgehead atoms. The number of nitrogens with one attached hydrogen (secondary N) is 2. The molecular formula is C24H22N4O4S. The van der Waals surface area contributed by atoms with E-state index in [-0.39, 0.29) is 10.8 Å². The third-order valence-corrected chi connectivity index (χ3v) is 7.06. The Labute approximate surface area is 191 Å². The van der Waals surface area contributed by atoms with Gasteiger partial charge in [-0.25, -0.2) is 13.4 Å². The van der Waals surface area contributed by atoms with Crippen molar-refractivity contribution in [2.75, 3.05) is 17.1 Å². The van der Waals surface area contributed by atoms with Gasteiger partial charge in [0.1, 0.15) is 11.4 Å². The highest BCUT2D eigenvalue weighted by Crippen LogP contribution is 2.33. The van der Waals surface area contributed by atoms with E-state index in [1.165, 1.54) is 13.2 Å². The smallest absolute Gasteiger partial charge is 0.262 e. The summed E-state index contributed by atoms with van der Waals surface area (Å²) in [7, 11) is -2.40. The summed E-state index contributed by atoms with van der Waals surface area (Å²) in [5.41, 5.74) is 5.11. The Kier molecular flexibility index (Phi) is 5.05. The van der Waals surface area contributed by atoms with E-state index in [2.05, 4.69) is 10.0 Å². The number of amides is 1. The van der Waals surface area contributed by atoms with Crippen molar-refractivity contribution >= 4 is 33.0 Å². The standard InChI is InChI=1S/C24H22N4O4S/c1-15-4-3-11-28-14-21(26-24(15)28)17-5-9-22(32-2)20(13-17)27-33(30,31)18-7-8-19-16(12-18)6-10-23(29)25-19/h3-5,7-9,11-14,27H,6,10H2,1-2H3,(H,25,29). The quantitative estimate of drug-likeness (QED) is 0.467. The summed E-state index contributed by atoms with van der Waals surface area (Å²) in [5.74, 6) is 0.326. The molecule has 9 heteroatoms. The van der Waals surface area contributed by atoms with Crippen LogP contribution in [0.2, 0.25) is 0 Å². The number of anilines is 2. The lowest BCUT2D eigenvalue weighted by atomic mass is 10.0. The number of sulfonamides is 1. The van der Waals surface area contributed by atoms with E-state index in [1.807, 2.05) is 41.9 Å². The van der Waals surface area contributed by atoms with Crippen molar-refractivity contribution in [1.82, 2.24) is 9.38 Å². The zero-order chi connectivity index (χ0) is 23.2. The summed E-state index contributed by atoms with van der Waals surface area (Å²) in [5, 5.41) is 2.76. The van der Waals surface area contributed by atoms with Crippen LogP contribution in [0.15, 0.2) is 65.8 Å². The van der Waals surface area contributed by atoms with E-state index in [9.17, 15) is 13.2 Å². The summed E-state index contributed by atoms with van der Waals surface area (Å²) >= 11 is 0. The lowest BCUT2D eigenvalue weighted by Crippen LogP contribution is -2.20. The van der Waals surface area contributed by atoms with Gasteiger partial charge in [0.05, 0.1) is 23.4 Å². The number of methoxy groups -OCH3 is 1. The molecule has 0 atom stereocenters. The van der Waals surface area contributed by atoms with Crippen LogP contribution in [-0.2, 0) is 21.2 Å². The lowest BCUT2D eigenvalue weighted by Gasteiger charge is -2.18. The highest BCUT2D eigenvalue weighted by molar-refractivity contribution is 7.92. The average Bonchev–Trinajstić information content (AvgIpc) is 3.24. The molecule has 4 aromatic rings. The van der Waals surface area contributed by atoms with Crippen LogP contribution in [0.25, 0.3) is 16.9 Å². The number of carbonyl (C=O) groups is 1. The second kappa shape index (κ2) is 7.93. The molecule has 168 valence electrons. The summed E-state index contributed by atoms with van der Waals surface area (Å²) in [6.07, 6.45) is 4.65. The van der Waals surface area contributed by atoms with Crippen LogP contribution in [0.3, 0.4) is 0 Å². The number of imidazole rings is 1. The van der Waals surface area contributed by atoms with E-state index in [0.29, 0.717) is 30.0 Å². The second-order valence-electron chi connectivity index (χ2n) is 7.94. The molecule has 2 N–H and O–H groups in total. The summed E-state index contributed by atoms with van der Waals surface area (Å²) in [4.78, 5) is 16.4. The molecular weight excluding hydrogens is 440 g/mol. The fourth-order valence-electron chi connectivity index (χ4n) is 3.97. The number of pyridine rings is 1. The first-order chi connectivity index (χ1) is 15.8. The van der Waals surface area contributed by atoms with Gasteiger partial charge >= 0.3 is 0 Å². The molecule has 8 nitrogen and oxygen atoms in total. The molecule has 0 spiro atoms. The molecule has 0 aliphatic carbocycles. The van der Waals surface area contributed by atoms with Gasteiger partial charge in [-0.05, 0) is 66.9 Å². The van der Waals surface area contributed by atoms with E-state index in [0.717, 1.165) is 28.0 Å². The van der Waals surface area contributed by atoms with Gasteiger partial charge in [0, 0.05) is 30.1 Å². The maximum Gasteiger partial charge on any atom is 0.262 e. The van der Waals surface area contributed by atoms with Crippen LogP contribution < -0.4 is 14.8 Å². The van der Waals surface area contributed by atoms with Gasteiger partial charge < -0.3 is 14.5 Å². The lowest BCUT2D eigenvalue weighted by molar-refractivity contribution is -0.116. The fraction of sp³-hybridized carbons (Fsp3) is 0.167. The molecule has 1 amide bonds. The normalized spacial score (nSPS) is 13.5. The summed E-state index contributed by atoms with van der Waals surface area (Å²) < 4.78 is 36.3. The van der Waals surface area contributed by atoms with Crippen LogP contribution in [0.1, 0.15) is 17.5 Å². The zero-order valence-corrected chi connectivity index (χ0v) is 18.9. The summed E-state index contributed by atoms with van der Waals surface area (Å²) in [6.45, 7) is 1.99. The zero-order valence-electron chi connectivity index (χ0n) is 18.1. The minimum absolute atomic E-state index is 0.0695. The van der Waals surface area contributed by atoms with Gasteiger partial charge in [-0.15, -0.1) is 0 Å². The Morgan fingerprint density at radius 1 is 1.12 bits per heavy atom. The number of hydrogen-bond acceptors (Lipinski definition) is 5. The van der Waals surface area contributed by atoms with Crippen molar-refractivity contribution in [1.29, 1.82) is 0 Å². The van der Waals surface area contributed by atoms with Gasteiger partial charge in [0.15, 0.2) is 0 Å². The molecule has 0 radical (unpaired) electrons. The van der Waals surface area contributed by atoms with Crippen LogP contribution in [0.4, 0.5) is 11.4 Å². The minimum Gasteiger partial charge on any atom is -0.495 e. The number of aromatic nitrogens is 2. The van der Waals surface area contributed by atoms with Crippen LogP contribution >= 0.6 is 0 Å². The second-order valence-corrected chi connectivity index (χ2v) is 9.62. The molecule has 1 aliphatic rings. The topological polar surface area (TPSA) is 102 Å². The van der Waals surface area contributed by atoms with Gasteiger partial charge in [0.25, 0.3) is 10.0 Å². The molecule has 0 fully saturated rings. The highest BCUT2D eigenvalue weighted by atomic mass is 32.2. The van der Waals surface area contributed by atoms with Crippen molar-refractivity contribution < 1.29 is 17.9 Å². The first kappa shape index (κ1) is 21.0. The van der Waals surface area contributed by atoms with Gasteiger partial charge in [-0.1, -0.05) is 6.07 Å². The third-order valence-electron chi connectivity index (χ3n) is 5.70. The van der Waals surface area contributed by atoms with E-state index in [1.54, 1.807) is 24.3 Å². The largest absolute Gasteiger partial charge is 0.495 e. The van der Waals surface area contributed by atoms with Crippen molar-refractivity contribution in [3.63, 3.8) is 0 Å². The third kappa shape index (κ3) is 3.91. The Hall–Kier alpha value is -3.85. The van der Waals surface area contributed by atoms with Gasteiger partial charge in [0.2, 0.25) is 5.91 Å². The average molecular weight is 463 g/mol. The molecule has 2 aromatic heterocycles. The molecule has 0 saturated carbocycles.